The van der Waals surface area contributed by atoms with Crippen molar-refractivity contribution in [2.45, 2.75) is 32.0 Å². The van der Waals surface area contributed by atoms with Crippen molar-refractivity contribution in [3.8, 4) is 5.75 Å². The number of nitrogens with zero attached hydrogens (tertiary/aromatic N) is 1. The summed E-state index contributed by atoms with van der Waals surface area (Å²) in [5, 5.41) is 0. The molecule has 2 unspecified atom stereocenters. The molecule has 0 saturated heterocycles. The van der Waals surface area contributed by atoms with Crippen LogP contribution < -0.4 is 10.5 Å². The number of hydrogen-bond donors (Lipinski definition) is 1. The standard InChI is InChI=1S/C17H22N2O2/c1-2-14(18)17(16-8-5-10-20-16)19-9-11-21-15-7-4-3-6-13(15)12-19/h3-8,10,14,17H,2,9,11-12,18H2,1H3. The Morgan fingerprint density at radius 2 is 2.10 bits per heavy atom. The summed E-state index contributed by atoms with van der Waals surface area (Å²) < 4.78 is 11.5. The molecule has 2 heterocycles. The van der Waals surface area contributed by atoms with Crippen LogP contribution in [0.15, 0.2) is 47.1 Å². The van der Waals surface area contributed by atoms with E-state index in [0.29, 0.717) is 6.61 Å². The Hall–Kier alpha value is -1.78. The number of para-hydroxylation sites is 1. The molecule has 2 atom stereocenters. The Balaban J connectivity index is 1.89. The highest BCUT2D eigenvalue weighted by molar-refractivity contribution is 5.34. The molecule has 1 aliphatic rings. The number of hydrogen-bond acceptors (Lipinski definition) is 4. The summed E-state index contributed by atoms with van der Waals surface area (Å²) in [6.45, 7) is 4.45. The molecule has 0 radical (unpaired) electrons. The monoisotopic (exact) mass is 286 g/mol. The summed E-state index contributed by atoms with van der Waals surface area (Å²) in [6.07, 6.45) is 2.62. The van der Waals surface area contributed by atoms with Crippen molar-refractivity contribution >= 4 is 0 Å². The van der Waals surface area contributed by atoms with E-state index in [9.17, 15) is 0 Å². The van der Waals surface area contributed by atoms with Gasteiger partial charge in [0.25, 0.3) is 0 Å². The zero-order valence-electron chi connectivity index (χ0n) is 12.4. The van der Waals surface area contributed by atoms with Gasteiger partial charge in [0.1, 0.15) is 18.1 Å². The van der Waals surface area contributed by atoms with Gasteiger partial charge in [-0.05, 0) is 24.6 Å². The SMILES string of the molecule is CCC(N)C(c1ccco1)N1CCOc2ccccc2C1. The van der Waals surface area contributed by atoms with E-state index in [0.717, 1.165) is 31.0 Å². The maximum atomic E-state index is 6.37. The lowest BCUT2D eigenvalue weighted by molar-refractivity contribution is 0.129. The lowest BCUT2D eigenvalue weighted by Gasteiger charge is -2.32. The molecule has 1 aromatic carbocycles. The summed E-state index contributed by atoms with van der Waals surface area (Å²) in [5.74, 6) is 1.91. The molecule has 4 heteroatoms. The molecular formula is C17H22N2O2. The molecule has 0 bridgehead atoms. The van der Waals surface area contributed by atoms with Gasteiger partial charge in [0.2, 0.25) is 0 Å². The Morgan fingerprint density at radius 1 is 1.24 bits per heavy atom. The quantitative estimate of drug-likeness (QED) is 0.939. The highest BCUT2D eigenvalue weighted by Gasteiger charge is 2.29. The van der Waals surface area contributed by atoms with E-state index in [1.807, 2.05) is 30.3 Å². The molecule has 4 nitrogen and oxygen atoms in total. The fraction of sp³-hybridized carbons (Fsp3) is 0.412. The number of furan rings is 1. The second-order valence-electron chi connectivity index (χ2n) is 5.46. The molecule has 0 spiro atoms. The lowest BCUT2D eigenvalue weighted by Crippen LogP contribution is -2.41. The molecule has 112 valence electrons. The highest BCUT2D eigenvalue weighted by Crippen LogP contribution is 2.31. The van der Waals surface area contributed by atoms with Gasteiger partial charge in [0, 0.05) is 24.7 Å². The van der Waals surface area contributed by atoms with Crippen LogP contribution in [0.1, 0.15) is 30.7 Å². The van der Waals surface area contributed by atoms with Crippen molar-refractivity contribution in [1.82, 2.24) is 4.90 Å². The Bertz CT molecular complexity index is 568. The van der Waals surface area contributed by atoms with Gasteiger partial charge in [-0.3, -0.25) is 4.90 Å². The van der Waals surface area contributed by atoms with Crippen molar-refractivity contribution in [2.24, 2.45) is 5.73 Å². The summed E-state index contributed by atoms with van der Waals surface area (Å²) in [4.78, 5) is 2.36. The van der Waals surface area contributed by atoms with Crippen LogP contribution in [-0.4, -0.2) is 24.1 Å². The van der Waals surface area contributed by atoms with E-state index in [1.165, 1.54) is 5.56 Å². The van der Waals surface area contributed by atoms with Gasteiger partial charge in [-0.1, -0.05) is 25.1 Å². The van der Waals surface area contributed by atoms with Crippen molar-refractivity contribution < 1.29 is 9.15 Å². The number of benzene rings is 1. The van der Waals surface area contributed by atoms with Gasteiger partial charge >= 0.3 is 0 Å². The summed E-state index contributed by atoms with van der Waals surface area (Å²) in [6, 6.07) is 12.3. The predicted octanol–water partition coefficient (Wildman–Crippen LogP) is 2.95. The van der Waals surface area contributed by atoms with Crippen LogP contribution in [0.25, 0.3) is 0 Å². The molecule has 1 aliphatic heterocycles. The number of ether oxygens (including phenoxy) is 1. The summed E-state index contributed by atoms with van der Waals surface area (Å²) in [5.41, 5.74) is 7.57. The van der Waals surface area contributed by atoms with Crippen molar-refractivity contribution in [3.05, 3.63) is 54.0 Å². The molecule has 2 N–H and O–H groups in total. The average Bonchev–Trinajstić information content (AvgIpc) is 2.94. The van der Waals surface area contributed by atoms with E-state index >= 15 is 0 Å². The minimum absolute atomic E-state index is 0.0430. The van der Waals surface area contributed by atoms with Gasteiger partial charge in [-0.15, -0.1) is 0 Å². The van der Waals surface area contributed by atoms with Gasteiger partial charge in [0.05, 0.1) is 12.3 Å². The zero-order chi connectivity index (χ0) is 14.7. The highest BCUT2D eigenvalue weighted by atomic mass is 16.5. The van der Waals surface area contributed by atoms with Crippen LogP contribution >= 0.6 is 0 Å². The van der Waals surface area contributed by atoms with E-state index in [2.05, 4.69) is 17.9 Å². The molecule has 1 aromatic heterocycles. The van der Waals surface area contributed by atoms with Gasteiger partial charge < -0.3 is 14.9 Å². The topological polar surface area (TPSA) is 51.6 Å². The fourth-order valence-electron chi connectivity index (χ4n) is 2.93. The Kier molecular flexibility index (Phi) is 4.27. The van der Waals surface area contributed by atoms with Gasteiger partial charge in [-0.25, -0.2) is 0 Å². The molecule has 2 aromatic rings. The molecular weight excluding hydrogens is 264 g/mol. The number of rotatable bonds is 4. The largest absolute Gasteiger partial charge is 0.492 e. The Labute approximate surface area is 125 Å². The Morgan fingerprint density at radius 3 is 2.86 bits per heavy atom. The predicted molar refractivity (Wildman–Crippen MR) is 82.1 cm³/mol. The number of fused-ring (bicyclic) bond motifs is 1. The molecule has 0 aliphatic carbocycles. The van der Waals surface area contributed by atoms with Crippen LogP contribution in [0, 0.1) is 0 Å². The van der Waals surface area contributed by atoms with E-state index in [-0.39, 0.29) is 12.1 Å². The lowest BCUT2D eigenvalue weighted by atomic mass is 10.0. The van der Waals surface area contributed by atoms with E-state index < -0.39 is 0 Å². The van der Waals surface area contributed by atoms with Crippen molar-refractivity contribution in [3.63, 3.8) is 0 Å². The first-order chi connectivity index (χ1) is 10.3. The van der Waals surface area contributed by atoms with Gasteiger partial charge in [-0.2, -0.15) is 0 Å². The maximum absolute atomic E-state index is 6.37. The van der Waals surface area contributed by atoms with Crippen molar-refractivity contribution in [1.29, 1.82) is 0 Å². The third-order valence-electron chi connectivity index (χ3n) is 4.09. The first kappa shape index (κ1) is 14.2. The second-order valence-corrected chi connectivity index (χ2v) is 5.46. The third kappa shape index (κ3) is 2.96. The molecule has 3 rings (SSSR count). The van der Waals surface area contributed by atoms with Crippen LogP contribution in [-0.2, 0) is 6.54 Å². The number of nitrogens with two attached hydrogens (primary N) is 1. The first-order valence-electron chi connectivity index (χ1n) is 7.53. The first-order valence-corrected chi connectivity index (χ1v) is 7.53. The smallest absolute Gasteiger partial charge is 0.123 e. The van der Waals surface area contributed by atoms with Gasteiger partial charge in [0.15, 0.2) is 0 Å². The fourth-order valence-corrected chi connectivity index (χ4v) is 2.93. The van der Waals surface area contributed by atoms with Crippen LogP contribution in [0.5, 0.6) is 5.75 Å². The van der Waals surface area contributed by atoms with E-state index in [1.54, 1.807) is 6.26 Å². The van der Waals surface area contributed by atoms with Crippen LogP contribution in [0.3, 0.4) is 0 Å². The maximum Gasteiger partial charge on any atom is 0.123 e. The summed E-state index contributed by atoms with van der Waals surface area (Å²) >= 11 is 0. The zero-order valence-corrected chi connectivity index (χ0v) is 12.4. The van der Waals surface area contributed by atoms with E-state index in [4.69, 9.17) is 14.9 Å². The van der Waals surface area contributed by atoms with Crippen LogP contribution in [0.4, 0.5) is 0 Å². The van der Waals surface area contributed by atoms with Crippen molar-refractivity contribution in [2.75, 3.05) is 13.2 Å². The normalized spacial score (nSPS) is 18.4. The summed E-state index contributed by atoms with van der Waals surface area (Å²) in [7, 11) is 0. The minimum Gasteiger partial charge on any atom is -0.492 e. The molecule has 0 amide bonds. The third-order valence-corrected chi connectivity index (χ3v) is 4.09. The second kappa shape index (κ2) is 6.33. The molecule has 21 heavy (non-hydrogen) atoms. The average molecular weight is 286 g/mol. The molecule has 0 saturated carbocycles. The minimum atomic E-state index is 0.0430. The van der Waals surface area contributed by atoms with Crippen LogP contribution in [0.2, 0.25) is 0 Å². The molecule has 0 fully saturated rings.